The summed E-state index contributed by atoms with van der Waals surface area (Å²) in [5.74, 6) is 0. The van der Waals surface area contributed by atoms with E-state index in [2.05, 4.69) is 10.1 Å². The molecule has 0 aliphatic carbocycles. The highest BCUT2D eigenvalue weighted by molar-refractivity contribution is 5.79. The fraction of sp³-hybridized carbons (Fsp3) is 0.462. The molecule has 1 aliphatic rings. The fourth-order valence-corrected chi connectivity index (χ4v) is 2.32. The number of likely N-dealkylation sites (tertiary alicyclic amines) is 1. The third-order valence-corrected chi connectivity index (χ3v) is 3.34. The van der Waals surface area contributed by atoms with E-state index in [9.17, 15) is 4.39 Å². The first kappa shape index (κ1) is 10.7. The molecule has 0 atom stereocenters. The van der Waals surface area contributed by atoms with Crippen LogP contribution in [0.2, 0.25) is 0 Å². The van der Waals surface area contributed by atoms with Gasteiger partial charge in [-0.2, -0.15) is 0 Å². The van der Waals surface area contributed by atoms with Crippen LogP contribution in [0.3, 0.4) is 0 Å². The average molecular weight is 234 g/mol. The molecule has 0 radical (unpaired) electrons. The molecular formula is C13H15FN2O. The molecule has 1 aromatic heterocycles. The Morgan fingerprint density at radius 3 is 2.88 bits per heavy atom. The van der Waals surface area contributed by atoms with Gasteiger partial charge in [-0.3, -0.25) is 4.90 Å². The molecule has 3 rings (SSSR count). The molecule has 0 spiro atoms. The second-order valence-electron chi connectivity index (χ2n) is 4.58. The van der Waals surface area contributed by atoms with E-state index >= 15 is 0 Å². The van der Waals surface area contributed by atoms with Crippen LogP contribution in [0, 0.1) is 0 Å². The van der Waals surface area contributed by atoms with Gasteiger partial charge < -0.3 is 4.52 Å². The summed E-state index contributed by atoms with van der Waals surface area (Å²) in [4.78, 5) is 2.24. The van der Waals surface area contributed by atoms with Crippen LogP contribution < -0.4 is 0 Å². The largest absolute Gasteiger partial charge is 0.356 e. The topological polar surface area (TPSA) is 29.3 Å². The van der Waals surface area contributed by atoms with E-state index in [1.165, 1.54) is 0 Å². The van der Waals surface area contributed by atoms with Crippen molar-refractivity contribution in [2.24, 2.45) is 0 Å². The van der Waals surface area contributed by atoms with Crippen molar-refractivity contribution in [1.82, 2.24) is 10.1 Å². The van der Waals surface area contributed by atoms with Crippen LogP contribution in [0.5, 0.6) is 0 Å². The van der Waals surface area contributed by atoms with Gasteiger partial charge in [0.1, 0.15) is 11.9 Å². The normalized spacial score (nSPS) is 18.9. The minimum atomic E-state index is -0.625. The summed E-state index contributed by atoms with van der Waals surface area (Å²) >= 11 is 0. The number of piperidine rings is 1. The van der Waals surface area contributed by atoms with Crippen molar-refractivity contribution >= 4 is 11.0 Å². The molecule has 0 saturated carbocycles. The number of halogens is 1. The van der Waals surface area contributed by atoms with E-state index in [4.69, 9.17) is 4.52 Å². The monoisotopic (exact) mass is 234 g/mol. The Bertz CT molecular complexity index is 503. The van der Waals surface area contributed by atoms with Gasteiger partial charge >= 0.3 is 0 Å². The van der Waals surface area contributed by atoms with Crippen LogP contribution >= 0.6 is 0 Å². The number of aromatic nitrogens is 1. The third-order valence-electron chi connectivity index (χ3n) is 3.34. The van der Waals surface area contributed by atoms with Crippen molar-refractivity contribution in [2.75, 3.05) is 13.1 Å². The van der Waals surface area contributed by atoms with Gasteiger partial charge in [-0.25, -0.2) is 4.39 Å². The molecule has 0 N–H and O–H groups in total. The van der Waals surface area contributed by atoms with Crippen molar-refractivity contribution in [3.8, 4) is 0 Å². The number of benzene rings is 1. The van der Waals surface area contributed by atoms with Gasteiger partial charge in [0.25, 0.3) is 0 Å². The van der Waals surface area contributed by atoms with Gasteiger partial charge in [-0.1, -0.05) is 17.3 Å². The minimum Gasteiger partial charge on any atom is -0.356 e. The van der Waals surface area contributed by atoms with Crippen LogP contribution in [0.15, 0.2) is 28.8 Å². The lowest BCUT2D eigenvalue weighted by Gasteiger charge is -2.27. The Morgan fingerprint density at radius 2 is 2.06 bits per heavy atom. The standard InChI is InChI=1S/C13H15FN2O/c14-10-5-7-16(8-6-10)9-12-11-3-1-2-4-13(11)17-15-12/h1-4,10H,5-9H2. The summed E-state index contributed by atoms with van der Waals surface area (Å²) in [6, 6.07) is 7.85. The molecule has 1 aromatic carbocycles. The smallest absolute Gasteiger partial charge is 0.167 e. The number of fused-ring (bicyclic) bond motifs is 1. The number of rotatable bonds is 2. The van der Waals surface area contributed by atoms with Gasteiger partial charge in [0.2, 0.25) is 0 Å². The number of hydrogen-bond acceptors (Lipinski definition) is 3. The molecule has 1 saturated heterocycles. The quantitative estimate of drug-likeness (QED) is 0.800. The molecule has 2 aromatic rings. The zero-order valence-electron chi connectivity index (χ0n) is 9.60. The van der Waals surface area contributed by atoms with Crippen LogP contribution in [-0.4, -0.2) is 29.3 Å². The van der Waals surface area contributed by atoms with Gasteiger partial charge in [-0.15, -0.1) is 0 Å². The number of alkyl halides is 1. The molecule has 0 unspecified atom stereocenters. The maximum Gasteiger partial charge on any atom is 0.167 e. The first-order chi connectivity index (χ1) is 8.33. The minimum absolute atomic E-state index is 0.625. The molecule has 90 valence electrons. The summed E-state index contributed by atoms with van der Waals surface area (Å²) < 4.78 is 18.3. The molecule has 0 bridgehead atoms. The van der Waals surface area contributed by atoms with E-state index in [0.29, 0.717) is 12.8 Å². The molecule has 0 amide bonds. The van der Waals surface area contributed by atoms with Crippen LogP contribution in [0.4, 0.5) is 4.39 Å². The molecule has 2 heterocycles. The van der Waals surface area contributed by atoms with Crippen molar-refractivity contribution in [1.29, 1.82) is 0 Å². The Balaban J connectivity index is 1.76. The molecule has 1 fully saturated rings. The Morgan fingerprint density at radius 1 is 1.29 bits per heavy atom. The highest BCUT2D eigenvalue weighted by atomic mass is 19.1. The molecular weight excluding hydrogens is 219 g/mol. The summed E-state index contributed by atoms with van der Waals surface area (Å²) in [7, 11) is 0. The molecule has 4 heteroatoms. The van der Waals surface area contributed by atoms with Crippen LogP contribution in [0.25, 0.3) is 11.0 Å². The second-order valence-corrected chi connectivity index (χ2v) is 4.58. The van der Waals surface area contributed by atoms with Gasteiger partial charge in [0.15, 0.2) is 5.58 Å². The van der Waals surface area contributed by atoms with Crippen molar-refractivity contribution in [3.05, 3.63) is 30.0 Å². The van der Waals surface area contributed by atoms with Gasteiger partial charge in [-0.05, 0) is 25.0 Å². The Hall–Kier alpha value is -1.42. The predicted molar refractivity (Wildman–Crippen MR) is 63.4 cm³/mol. The molecule has 17 heavy (non-hydrogen) atoms. The van der Waals surface area contributed by atoms with E-state index < -0.39 is 6.17 Å². The Kier molecular flexibility index (Phi) is 2.81. The lowest BCUT2D eigenvalue weighted by Crippen LogP contribution is -2.33. The van der Waals surface area contributed by atoms with Crippen LogP contribution in [-0.2, 0) is 6.54 Å². The maximum atomic E-state index is 13.0. The average Bonchev–Trinajstić information content (AvgIpc) is 2.76. The zero-order chi connectivity index (χ0) is 11.7. The van der Waals surface area contributed by atoms with Gasteiger partial charge in [0.05, 0.1) is 0 Å². The summed E-state index contributed by atoms with van der Waals surface area (Å²) in [6.45, 7) is 2.37. The summed E-state index contributed by atoms with van der Waals surface area (Å²) in [5.41, 5.74) is 1.78. The Labute approximate surface area is 99.2 Å². The van der Waals surface area contributed by atoms with E-state index in [1.54, 1.807) is 0 Å². The first-order valence-electron chi connectivity index (χ1n) is 6.02. The maximum absolute atomic E-state index is 13.0. The molecule has 3 nitrogen and oxygen atoms in total. The molecule has 1 aliphatic heterocycles. The third kappa shape index (κ3) is 2.17. The first-order valence-corrected chi connectivity index (χ1v) is 6.02. The highest BCUT2D eigenvalue weighted by Gasteiger charge is 2.20. The lowest BCUT2D eigenvalue weighted by molar-refractivity contribution is 0.143. The summed E-state index contributed by atoms with van der Waals surface area (Å²) in [6.07, 6.45) is 0.645. The van der Waals surface area contributed by atoms with Gasteiger partial charge in [0, 0.05) is 25.0 Å². The highest BCUT2D eigenvalue weighted by Crippen LogP contribution is 2.21. The van der Waals surface area contributed by atoms with E-state index in [-0.39, 0.29) is 0 Å². The van der Waals surface area contributed by atoms with E-state index in [0.717, 1.165) is 36.3 Å². The second kappa shape index (κ2) is 4.45. The number of hydrogen-bond donors (Lipinski definition) is 0. The van der Waals surface area contributed by atoms with Crippen LogP contribution in [0.1, 0.15) is 18.5 Å². The van der Waals surface area contributed by atoms with Crippen molar-refractivity contribution in [3.63, 3.8) is 0 Å². The lowest BCUT2D eigenvalue weighted by atomic mass is 10.1. The fourth-order valence-electron chi connectivity index (χ4n) is 2.32. The predicted octanol–water partition coefficient (Wildman–Crippen LogP) is 2.76. The van der Waals surface area contributed by atoms with E-state index in [1.807, 2.05) is 24.3 Å². The number of para-hydroxylation sites is 1. The number of nitrogens with zero attached hydrogens (tertiary/aromatic N) is 2. The van der Waals surface area contributed by atoms with Crippen molar-refractivity contribution in [2.45, 2.75) is 25.6 Å². The zero-order valence-corrected chi connectivity index (χ0v) is 9.60. The van der Waals surface area contributed by atoms with Crippen molar-refractivity contribution < 1.29 is 8.91 Å². The SMILES string of the molecule is FC1CCN(Cc2noc3ccccc23)CC1. The summed E-state index contributed by atoms with van der Waals surface area (Å²) in [5, 5.41) is 5.16.